The molecular formula is C41H26N4O. The number of hydrogen-bond acceptors (Lipinski definition) is 4. The SMILES string of the molecule is c1ccc(C2N=C(n3c4ccc5ccccc5c4c4c5ccccc5ccc43)N=C(c3cccc4c3oc3ccccc34)N2)cc1. The molecule has 1 aliphatic rings. The molecule has 5 heteroatoms. The molecule has 0 spiro atoms. The fourth-order valence-corrected chi connectivity index (χ4v) is 7.17. The lowest BCUT2D eigenvalue weighted by Crippen LogP contribution is -2.35. The Bertz CT molecular complexity index is 2640. The number of nitrogens with one attached hydrogen (secondary N) is 1. The Morgan fingerprint density at radius 3 is 1.87 bits per heavy atom. The molecule has 1 N–H and O–H groups in total. The van der Waals surface area contributed by atoms with Gasteiger partial charge in [-0.2, -0.15) is 4.99 Å². The summed E-state index contributed by atoms with van der Waals surface area (Å²) in [5.74, 6) is 1.35. The molecule has 216 valence electrons. The molecule has 10 rings (SSSR count). The highest BCUT2D eigenvalue weighted by atomic mass is 16.3. The van der Waals surface area contributed by atoms with Gasteiger partial charge in [0.1, 0.15) is 23.2 Å². The van der Waals surface area contributed by atoms with E-state index in [0.717, 1.165) is 49.9 Å². The third kappa shape index (κ3) is 3.63. The molecule has 9 aromatic rings. The molecule has 1 unspecified atom stereocenters. The van der Waals surface area contributed by atoms with E-state index in [2.05, 4.69) is 131 Å². The summed E-state index contributed by atoms with van der Waals surface area (Å²) in [4.78, 5) is 10.6. The van der Waals surface area contributed by atoms with Crippen molar-refractivity contribution in [1.29, 1.82) is 0 Å². The van der Waals surface area contributed by atoms with Gasteiger partial charge in [0, 0.05) is 21.5 Å². The van der Waals surface area contributed by atoms with Crippen molar-refractivity contribution in [3.05, 3.63) is 157 Å². The average molecular weight is 591 g/mol. The summed E-state index contributed by atoms with van der Waals surface area (Å²) in [6, 6.07) is 50.9. The second kappa shape index (κ2) is 9.65. The molecular weight excluding hydrogens is 564 g/mol. The molecule has 0 radical (unpaired) electrons. The van der Waals surface area contributed by atoms with Crippen LogP contribution in [0.15, 0.2) is 160 Å². The predicted octanol–water partition coefficient (Wildman–Crippen LogP) is 9.95. The number of fused-ring (bicyclic) bond motifs is 10. The highest BCUT2D eigenvalue weighted by Crippen LogP contribution is 2.40. The maximum atomic E-state index is 6.47. The lowest BCUT2D eigenvalue weighted by Gasteiger charge is -2.24. The molecule has 0 aliphatic carbocycles. The summed E-state index contributed by atoms with van der Waals surface area (Å²) >= 11 is 0. The zero-order valence-electron chi connectivity index (χ0n) is 24.7. The minimum absolute atomic E-state index is 0.350. The van der Waals surface area contributed by atoms with Crippen molar-refractivity contribution in [1.82, 2.24) is 9.88 Å². The van der Waals surface area contributed by atoms with Crippen LogP contribution in [0.5, 0.6) is 0 Å². The summed E-state index contributed by atoms with van der Waals surface area (Å²) in [6.07, 6.45) is -0.350. The maximum Gasteiger partial charge on any atom is 0.234 e. The topological polar surface area (TPSA) is 54.8 Å². The van der Waals surface area contributed by atoms with Gasteiger partial charge in [-0.05, 0) is 51.4 Å². The second-order valence-corrected chi connectivity index (χ2v) is 11.8. The van der Waals surface area contributed by atoms with Gasteiger partial charge in [0.2, 0.25) is 5.96 Å². The average Bonchev–Trinajstić information content (AvgIpc) is 3.68. The van der Waals surface area contributed by atoms with E-state index in [4.69, 9.17) is 14.4 Å². The van der Waals surface area contributed by atoms with Gasteiger partial charge < -0.3 is 9.73 Å². The van der Waals surface area contributed by atoms with Crippen molar-refractivity contribution >= 4 is 77.1 Å². The maximum absolute atomic E-state index is 6.47. The van der Waals surface area contributed by atoms with Gasteiger partial charge in [0.05, 0.1) is 16.6 Å². The molecule has 2 aromatic heterocycles. The van der Waals surface area contributed by atoms with E-state index < -0.39 is 0 Å². The molecule has 1 aliphatic heterocycles. The fraction of sp³-hybridized carbons (Fsp3) is 0.0244. The Morgan fingerprint density at radius 2 is 1.15 bits per heavy atom. The van der Waals surface area contributed by atoms with Gasteiger partial charge in [-0.1, -0.05) is 121 Å². The smallest absolute Gasteiger partial charge is 0.234 e. The largest absolute Gasteiger partial charge is 0.455 e. The van der Waals surface area contributed by atoms with E-state index in [1.54, 1.807) is 0 Å². The van der Waals surface area contributed by atoms with Crippen molar-refractivity contribution in [2.75, 3.05) is 0 Å². The summed E-state index contributed by atoms with van der Waals surface area (Å²) in [5, 5.41) is 13.1. The summed E-state index contributed by atoms with van der Waals surface area (Å²) in [5.41, 5.74) is 5.77. The van der Waals surface area contributed by atoms with Crippen LogP contribution in [0.25, 0.3) is 65.3 Å². The van der Waals surface area contributed by atoms with Crippen molar-refractivity contribution in [3.8, 4) is 0 Å². The minimum Gasteiger partial charge on any atom is -0.455 e. The van der Waals surface area contributed by atoms with E-state index in [9.17, 15) is 0 Å². The highest BCUT2D eigenvalue weighted by Gasteiger charge is 2.26. The lowest BCUT2D eigenvalue weighted by atomic mass is 10.00. The Balaban J connectivity index is 1.30. The normalized spacial score (nSPS) is 15.2. The van der Waals surface area contributed by atoms with Crippen LogP contribution in [0.3, 0.4) is 0 Å². The first-order valence-electron chi connectivity index (χ1n) is 15.5. The lowest BCUT2D eigenvalue weighted by molar-refractivity contribution is 0.657. The molecule has 3 heterocycles. The number of para-hydroxylation sites is 2. The molecule has 0 bridgehead atoms. The number of rotatable bonds is 2. The Hall–Kier alpha value is -6.20. The quantitative estimate of drug-likeness (QED) is 0.218. The van der Waals surface area contributed by atoms with Crippen molar-refractivity contribution in [2.24, 2.45) is 9.98 Å². The van der Waals surface area contributed by atoms with Crippen molar-refractivity contribution in [2.45, 2.75) is 6.17 Å². The van der Waals surface area contributed by atoms with E-state index in [0.29, 0.717) is 5.96 Å². The fourth-order valence-electron chi connectivity index (χ4n) is 7.17. The van der Waals surface area contributed by atoms with Gasteiger partial charge in [-0.15, -0.1) is 0 Å². The van der Waals surface area contributed by atoms with Gasteiger partial charge in [-0.3, -0.25) is 4.57 Å². The molecule has 0 saturated heterocycles. The second-order valence-electron chi connectivity index (χ2n) is 11.8. The molecule has 0 fully saturated rings. The zero-order valence-corrected chi connectivity index (χ0v) is 24.7. The van der Waals surface area contributed by atoms with Crippen LogP contribution in [-0.4, -0.2) is 16.4 Å². The third-order valence-electron chi connectivity index (χ3n) is 9.25. The number of aliphatic imine (C=N–C) groups is 2. The first-order chi connectivity index (χ1) is 22.8. The van der Waals surface area contributed by atoms with Crippen LogP contribution in [0, 0.1) is 0 Å². The molecule has 5 nitrogen and oxygen atoms in total. The number of furan rings is 1. The van der Waals surface area contributed by atoms with Crippen LogP contribution < -0.4 is 5.32 Å². The number of hydrogen-bond donors (Lipinski definition) is 1. The highest BCUT2D eigenvalue weighted by molar-refractivity contribution is 6.30. The number of aromatic nitrogens is 1. The molecule has 46 heavy (non-hydrogen) atoms. The van der Waals surface area contributed by atoms with Gasteiger partial charge in [0.15, 0.2) is 0 Å². The molecule has 0 saturated carbocycles. The molecule has 7 aromatic carbocycles. The molecule has 0 amide bonds. The first-order valence-corrected chi connectivity index (χ1v) is 15.5. The zero-order chi connectivity index (χ0) is 30.2. The standard InChI is InChI=1S/C41H26N4O/c1-2-13-27(14-3-1)39-42-40(32-19-10-18-31-30-17-8-9-20-35(30)46-38(31)32)44-41(43-39)45-33-23-21-25-11-4-6-15-28(25)36(33)37-29-16-7-5-12-26(29)22-24-34(37)45/h1-24,39H,(H,42,43,44). The minimum atomic E-state index is -0.350. The Morgan fingerprint density at radius 1 is 0.543 bits per heavy atom. The third-order valence-corrected chi connectivity index (χ3v) is 9.25. The Labute approximate surface area is 263 Å². The van der Waals surface area contributed by atoms with Gasteiger partial charge >= 0.3 is 0 Å². The van der Waals surface area contributed by atoms with Crippen LogP contribution >= 0.6 is 0 Å². The number of amidine groups is 1. The first kappa shape index (κ1) is 25.2. The molecule has 1 atom stereocenters. The van der Waals surface area contributed by atoms with Gasteiger partial charge in [0.25, 0.3) is 0 Å². The van der Waals surface area contributed by atoms with Crippen LogP contribution in [0.1, 0.15) is 17.3 Å². The summed E-state index contributed by atoms with van der Waals surface area (Å²) in [7, 11) is 0. The monoisotopic (exact) mass is 590 g/mol. The van der Waals surface area contributed by atoms with E-state index in [1.807, 2.05) is 24.3 Å². The Kier molecular flexibility index (Phi) is 5.28. The predicted molar refractivity (Wildman–Crippen MR) is 190 cm³/mol. The summed E-state index contributed by atoms with van der Waals surface area (Å²) in [6.45, 7) is 0. The van der Waals surface area contributed by atoms with E-state index in [1.165, 1.54) is 32.3 Å². The number of nitrogens with zero attached hydrogens (tertiary/aromatic N) is 3. The number of benzene rings is 7. The van der Waals surface area contributed by atoms with Gasteiger partial charge in [-0.25, -0.2) is 4.99 Å². The van der Waals surface area contributed by atoms with E-state index in [-0.39, 0.29) is 6.17 Å². The summed E-state index contributed by atoms with van der Waals surface area (Å²) < 4.78 is 8.71. The van der Waals surface area contributed by atoms with Crippen molar-refractivity contribution in [3.63, 3.8) is 0 Å². The van der Waals surface area contributed by atoms with Crippen molar-refractivity contribution < 1.29 is 4.42 Å². The van der Waals surface area contributed by atoms with Crippen LogP contribution in [0.2, 0.25) is 0 Å². The van der Waals surface area contributed by atoms with E-state index >= 15 is 0 Å². The van der Waals surface area contributed by atoms with Crippen LogP contribution in [0.4, 0.5) is 0 Å². The van der Waals surface area contributed by atoms with Crippen LogP contribution in [-0.2, 0) is 0 Å².